The molecular weight excluding hydrogens is 372 g/mol. The summed E-state index contributed by atoms with van der Waals surface area (Å²) < 4.78 is 11.1. The standard InChI is InChI=1S/C21H36N4O4/c1-13-12-24(20(27)19-5-4-8-29-19)18-9-15(6-7-17(18)25(13)14(2)26)16-10-22-21(28-3)23-11-16/h13,15-19,21-23H,4-12H2,1-3H3/t13-,15?,16?,17?,18?,19?,21?/m0/s1. The van der Waals surface area contributed by atoms with Crippen molar-refractivity contribution in [2.24, 2.45) is 11.8 Å². The zero-order chi connectivity index (χ0) is 20.5. The number of hydrogen-bond acceptors (Lipinski definition) is 6. The molecule has 8 heteroatoms. The van der Waals surface area contributed by atoms with Crippen LogP contribution in [0.4, 0.5) is 0 Å². The van der Waals surface area contributed by atoms with Crippen LogP contribution in [0.3, 0.4) is 0 Å². The number of piperazine rings is 1. The second-order valence-corrected chi connectivity index (χ2v) is 9.17. The maximum absolute atomic E-state index is 13.3. The van der Waals surface area contributed by atoms with Crippen molar-refractivity contribution < 1.29 is 19.1 Å². The van der Waals surface area contributed by atoms with E-state index in [0.717, 1.165) is 45.2 Å². The lowest BCUT2D eigenvalue weighted by molar-refractivity contribution is -0.160. The molecule has 0 spiro atoms. The zero-order valence-corrected chi connectivity index (χ0v) is 17.9. The Labute approximate surface area is 173 Å². The molecule has 3 heterocycles. The van der Waals surface area contributed by atoms with E-state index >= 15 is 0 Å². The average Bonchev–Trinajstić information content (AvgIpc) is 3.27. The fraction of sp³-hybridized carbons (Fsp3) is 0.905. The van der Waals surface area contributed by atoms with E-state index in [9.17, 15) is 9.59 Å². The third-order valence-corrected chi connectivity index (χ3v) is 7.40. The van der Waals surface area contributed by atoms with Crippen molar-refractivity contribution in [3.05, 3.63) is 0 Å². The van der Waals surface area contributed by atoms with Gasteiger partial charge in [0.25, 0.3) is 5.91 Å². The predicted octanol–water partition coefficient (Wildman–Crippen LogP) is 0.521. The number of nitrogens with one attached hydrogen (secondary N) is 2. The van der Waals surface area contributed by atoms with Crippen LogP contribution in [0.2, 0.25) is 0 Å². The van der Waals surface area contributed by atoms with Crippen molar-refractivity contribution in [3.8, 4) is 0 Å². The van der Waals surface area contributed by atoms with Crippen molar-refractivity contribution in [2.45, 2.75) is 76.5 Å². The molecule has 0 aromatic carbocycles. The number of rotatable bonds is 3. The van der Waals surface area contributed by atoms with Gasteiger partial charge in [-0.05, 0) is 50.9 Å². The molecule has 0 aromatic heterocycles. The molecule has 3 aliphatic heterocycles. The van der Waals surface area contributed by atoms with Gasteiger partial charge in [-0.15, -0.1) is 0 Å². The van der Waals surface area contributed by atoms with E-state index in [1.54, 1.807) is 14.0 Å². The van der Waals surface area contributed by atoms with Crippen LogP contribution in [0.15, 0.2) is 0 Å². The van der Waals surface area contributed by atoms with Crippen LogP contribution >= 0.6 is 0 Å². The molecule has 4 unspecified atom stereocenters. The van der Waals surface area contributed by atoms with Crippen LogP contribution in [0.1, 0.15) is 46.0 Å². The number of nitrogens with zero attached hydrogens (tertiary/aromatic N) is 2. The minimum atomic E-state index is -0.299. The van der Waals surface area contributed by atoms with Gasteiger partial charge in [0.15, 0.2) is 6.35 Å². The van der Waals surface area contributed by atoms with Gasteiger partial charge in [0, 0.05) is 46.3 Å². The third kappa shape index (κ3) is 4.17. The van der Waals surface area contributed by atoms with Crippen molar-refractivity contribution in [3.63, 3.8) is 0 Å². The smallest absolute Gasteiger partial charge is 0.252 e. The summed E-state index contributed by atoms with van der Waals surface area (Å²) in [5, 5.41) is 6.81. The van der Waals surface area contributed by atoms with E-state index in [0.29, 0.717) is 25.0 Å². The molecule has 1 aliphatic carbocycles. The second-order valence-electron chi connectivity index (χ2n) is 9.17. The average molecular weight is 409 g/mol. The number of fused-ring (bicyclic) bond motifs is 1. The van der Waals surface area contributed by atoms with Crippen LogP contribution < -0.4 is 10.6 Å². The molecule has 4 fully saturated rings. The Hall–Kier alpha value is -1.22. The first-order valence-corrected chi connectivity index (χ1v) is 11.2. The Morgan fingerprint density at radius 1 is 1.07 bits per heavy atom. The molecule has 0 aromatic rings. The van der Waals surface area contributed by atoms with E-state index < -0.39 is 0 Å². The minimum Gasteiger partial charge on any atom is -0.368 e. The van der Waals surface area contributed by atoms with Crippen molar-refractivity contribution in [2.75, 3.05) is 33.4 Å². The second kappa shape index (κ2) is 8.88. The molecule has 164 valence electrons. The van der Waals surface area contributed by atoms with E-state index in [-0.39, 0.29) is 42.4 Å². The van der Waals surface area contributed by atoms with Gasteiger partial charge < -0.3 is 19.3 Å². The number of carbonyl (C=O) groups is 2. The summed E-state index contributed by atoms with van der Waals surface area (Å²) in [6.07, 6.45) is 4.39. The maximum atomic E-state index is 13.3. The molecule has 29 heavy (non-hydrogen) atoms. The molecule has 3 saturated heterocycles. The number of methoxy groups -OCH3 is 1. The van der Waals surface area contributed by atoms with Crippen LogP contribution in [0.5, 0.6) is 0 Å². The van der Waals surface area contributed by atoms with Gasteiger partial charge in [-0.1, -0.05) is 0 Å². The molecule has 4 aliphatic rings. The van der Waals surface area contributed by atoms with Gasteiger partial charge in [0.2, 0.25) is 5.91 Å². The van der Waals surface area contributed by atoms with Crippen LogP contribution in [-0.2, 0) is 19.1 Å². The van der Waals surface area contributed by atoms with Gasteiger partial charge in [-0.3, -0.25) is 20.2 Å². The highest BCUT2D eigenvalue weighted by Gasteiger charge is 2.48. The topological polar surface area (TPSA) is 83.1 Å². The van der Waals surface area contributed by atoms with Gasteiger partial charge >= 0.3 is 0 Å². The highest BCUT2D eigenvalue weighted by Crippen LogP contribution is 2.39. The Kier molecular flexibility index (Phi) is 6.44. The predicted molar refractivity (Wildman–Crippen MR) is 108 cm³/mol. The molecular formula is C21H36N4O4. The highest BCUT2D eigenvalue weighted by molar-refractivity contribution is 5.82. The lowest BCUT2D eigenvalue weighted by Crippen LogP contribution is -2.68. The molecule has 8 nitrogen and oxygen atoms in total. The Morgan fingerprint density at radius 2 is 1.83 bits per heavy atom. The SMILES string of the molecule is COC1NCC(C2CCC3C(C2)N(C(=O)C2CCCO2)C[C@H](C)N3C(C)=O)CN1. The van der Waals surface area contributed by atoms with Gasteiger partial charge in [0.05, 0.1) is 12.1 Å². The van der Waals surface area contributed by atoms with Gasteiger partial charge in [-0.25, -0.2) is 0 Å². The van der Waals surface area contributed by atoms with E-state index in [1.165, 1.54) is 0 Å². The summed E-state index contributed by atoms with van der Waals surface area (Å²) in [7, 11) is 1.70. The summed E-state index contributed by atoms with van der Waals surface area (Å²) in [5.41, 5.74) is 0. The summed E-state index contributed by atoms with van der Waals surface area (Å²) in [5.74, 6) is 1.29. The Morgan fingerprint density at radius 3 is 2.45 bits per heavy atom. The van der Waals surface area contributed by atoms with Gasteiger partial charge in [-0.2, -0.15) is 0 Å². The number of ether oxygens (including phenoxy) is 2. The summed E-state index contributed by atoms with van der Waals surface area (Å²) >= 11 is 0. The van der Waals surface area contributed by atoms with Gasteiger partial charge in [0.1, 0.15) is 6.10 Å². The van der Waals surface area contributed by atoms with E-state index in [4.69, 9.17) is 9.47 Å². The van der Waals surface area contributed by atoms with E-state index in [1.807, 2.05) is 4.90 Å². The zero-order valence-electron chi connectivity index (χ0n) is 17.9. The molecule has 4 rings (SSSR count). The first-order valence-electron chi connectivity index (χ1n) is 11.2. The fourth-order valence-electron chi connectivity index (χ4n) is 6.00. The summed E-state index contributed by atoms with van der Waals surface area (Å²) in [4.78, 5) is 29.8. The quantitative estimate of drug-likeness (QED) is 0.709. The molecule has 2 amide bonds. The molecule has 2 N–H and O–H groups in total. The monoisotopic (exact) mass is 408 g/mol. The van der Waals surface area contributed by atoms with Crippen molar-refractivity contribution in [1.82, 2.24) is 20.4 Å². The van der Waals surface area contributed by atoms with Crippen LogP contribution in [0, 0.1) is 11.8 Å². The number of amides is 2. The molecule has 5 atom stereocenters. The normalized spacial score (nSPS) is 40.6. The largest absolute Gasteiger partial charge is 0.368 e. The lowest BCUT2D eigenvalue weighted by atomic mass is 9.73. The summed E-state index contributed by atoms with van der Waals surface area (Å²) in [6, 6.07) is 0.260. The third-order valence-electron chi connectivity index (χ3n) is 7.40. The number of carbonyl (C=O) groups excluding carboxylic acids is 2. The van der Waals surface area contributed by atoms with Crippen molar-refractivity contribution >= 4 is 11.8 Å². The first-order chi connectivity index (χ1) is 14.0. The fourth-order valence-corrected chi connectivity index (χ4v) is 6.00. The Bertz CT molecular complexity index is 603. The lowest BCUT2D eigenvalue weighted by Gasteiger charge is -2.55. The molecule has 1 saturated carbocycles. The first kappa shape index (κ1) is 21.0. The van der Waals surface area contributed by atoms with Crippen LogP contribution in [-0.4, -0.2) is 85.5 Å². The van der Waals surface area contributed by atoms with Crippen molar-refractivity contribution in [1.29, 1.82) is 0 Å². The Balaban J connectivity index is 1.51. The molecule has 0 bridgehead atoms. The minimum absolute atomic E-state index is 0.0520. The van der Waals surface area contributed by atoms with Crippen LogP contribution in [0.25, 0.3) is 0 Å². The summed E-state index contributed by atoms with van der Waals surface area (Å²) in [6.45, 7) is 6.85. The van der Waals surface area contributed by atoms with E-state index in [2.05, 4.69) is 22.5 Å². The number of hydrogen-bond donors (Lipinski definition) is 2. The highest BCUT2D eigenvalue weighted by atomic mass is 16.5. The molecule has 0 radical (unpaired) electrons. The maximum Gasteiger partial charge on any atom is 0.252 e.